The van der Waals surface area contributed by atoms with Gasteiger partial charge in [-0.15, -0.1) is 0 Å². The number of aromatic nitrogens is 2. The van der Waals surface area contributed by atoms with Crippen LogP contribution >= 0.6 is 0 Å². The normalized spacial score (nSPS) is 10.3. The first-order valence-electron chi connectivity index (χ1n) is 8.05. The van der Waals surface area contributed by atoms with Gasteiger partial charge in [0, 0.05) is 32.4 Å². The number of carbonyl (C=O) groups excluding carboxylic acids is 1. The Morgan fingerprint density at radius 2 is 2.00 bits per heavy atom. The molecule has 0 aliphatic carbocycles. The van der Waals surface area contributed by atoms with Crippen LogP contribution in [0.4, 0.5) is 11.5 Å². The van der Waals surface area contributed by atoms with Crippen molar-refractivity contribution in [2.24, 2.45) is 0 Å². The van der Waals surface area contributed by atoms with Crippen molar-refractivity contribution >= 4 is 17.4 Å². The van der Waals surface area contributed by atoms with Gasteiger partial charge in [0.2, 0.25) is 5.91 Å². The number of nitrogens with one attached hydrogen (secondary N) is 1. The lowest BCUT2D eigenvalue weighted by Crippen LogP contribution is -2.20. The van der Waals surface area contributed by atoms with Gasteiger partial charge in [-0.05, 0) is 42.7 Å². The van der Waals surface area contributed by atoms with Crippen molar-refractivity contribution in [3.8, 4) is 0 Å². The zero-order valence-electron chi connectivity index (χ0n) is 13.8. The molecule has 122 valence electrons. The van der Waals surface area contributed by atoms with Gasteiger partial charge in [-0.25, -0.2) is 4.98 Å². The molecule has 0 fully saturated rings. The number of unbranched alkanes of at least 4 members (excludes halogenated alkanes) is 1. The summed E-state index contributed by atoms with van der Waals surface area (Å²) in [7, 11) is 2.04. The van der Waals surface area contributed by atoms with Gasteiger partial charge >= 0.3 is 0 Å². The number of rotatable bonds is 8. The lowest BCUT2D eigenvalue weighted by Gasteiger charge is -2.19. The Hall–Kier alpha value is -2.43. The molecule has 0 aliphatic rings. The predicted octanol–water partition coefficient (Wildman–Crippen LogP) is 3.28. The fourth-order valence-electron chi connectivity index (χ4n) is 2.20. The highest BCUT2D eigenvalue weighted by atomic mass is 16.1. The topological polar surface area (TPSA) is 58.1 Å². The molecule has 0 aromatic carbocycles. The Balaban J connectivity index is 1.84. The number of nitrogens with zero attached hydrogens (tertiary/aromatic N) is 3. The van der Waals surface area contributed by atoms with Gasteiger partial charge in [0.15, 0.2) is 0 Å². The van der Waals surface area contributed by atoms with Crippen molar-refractivity contribution in [2.45, 2.75) is 32.6 Å². The summed E-state index contributed by atoms with van der Waals surface area (Å²) in [5.74, 6) is 0.635. The van der Waals surface area contributed by atoms with Gasteiger partial charge in [0.05, 0.1) is 11.9 Å². The molecular weight excluding hydrogens is 288 g/mol. The van der Waals surface area contributed by atoms with E-state index in [0.29, 0.717) is 12.2 Å². The highest BCUT2D eigenvalue weighted by molar-refractivity contribution is 5.89. The van der Waals surface area contributed by atoms with E-state index in [2.05, 4.69) is 27.1 Å². The first-order chi connectivity index (χ1) is 11.2. The van der Waals surface area contributed by atoms with E-state index in [0.717, 1.165) is 31.5 Å². The zero-order valence-corrected chi connectivity index (χ0v) is 13.8. The van der Waals surface area contributed by atoms with Crippen LogP contribution in [0.15, 0.2) is 42.9 Å². The van der Waals surface area contributed by atoms with Crippen LogP contribution in [0.2, 0.25) is 0 Å². The van der Waals surface area contributed by atoms with Crippen LogP contribution in [0, 0.1) is 0 Å². The van der Waals surface area contributed by atoms with Gasteiger partial charge in [-0.2, -0.15) is 0 Å². The third-order valence-electron chi connectivity index (χ3n) is 3.70. The molecule has 2 heterocycles. The number of likely N-dealkylation sites (N-methyl/N-ethyl adjacent to an activating group) is 1. The van der Waals surface area contributed by atoms with Gasteiger partial charge < -0.3 is 10.2 Å². The Kier molecular flexibility index (Phi) is 6.54. The average Bonchev–Trinajstić information content (AvgIpc) is 2.59. The van der Waals surface area contributed by atoms with Crippen LogP contribution in [-0.2, 0) is 11.2 Å². The minimum absolute atomic E-state index is 0.0261. The summed E-state index contributed by atoms with van der Waals surface area (Å²) in [6, 6.07) is 7.89. The van der Waals surface area contributed by atoms with Gasteiger partial charge in [0.25, 0.3) is 0 Å². The van der Waals surface area contributed by atoms with Crippen LogP contribution in [0.5, 0.6) is 0 Å². The van der Waals surface area contributed by atoms with E-state index in [1.165, 1.54) is 5.56 Å². The summed E-state index contributed by atoms with van der Waals surface area (Å²) < 4.78 is 0. The molecule has 0 atom stereocenters. The van der Waals surface area contributed by atoms with Gasteiger partial charge in [-0.1, -0.05) is 13.3 Å². The molecule has 23 heavy (non-hydrogen) atoms. The molecule has 5 heteroatoms. The fraction of sp³-hybridized carbons (Fsp3) is 0.389. The largest absolute Gasteiger partial charge is 0.373 e. The van der Waals surface area contributed by atoms with E-state index < -0.39 is 0 Å². The van der Waals surface area contributed by atoms with E-state index in [1.54, 1.807) is 6.20 Å². The van der Waals surface area contributed by atoms with Crippen molar-refractivity contribution in [1.82, 2.24) is 9.97 Å². The van der Waals surface area contributed by atoms with Crippen molar-refractivity contribution in [3.63, 3.8) is 0 Å². The summed E-state index contributed by atoms with van der Waals surface area (Å²) in [5, 5.41) is 2.83. The second kappa shape index (κ2) is 8.88. The quantitative estimate of drug-likeness (QED) is 0.812. The first kappa shape index (κ1) is 16.9. The molecule has 5 nitrogen and oxygen atoms in total. The highest BCUT2D eigenvalue weighted by Gasteiger charge is 2.05. The van der Waals surface area contributed by atoms with E-state index in [9.17, 15) is 4.79 Å². The Bertz CT molecular complexity index is 598. The molecule has 2 aromatic heterocycles. The van der Waals surface area contributed by atoms with Crippen LogP contribution in [0.1, 0.15) is 31.7 Å². The Morgan fingerprint density at radius 3 is 2.65 bits per heavy atom. The lowest BCUT2D eigenvalue weighted by molar-refractivity contribution is -0.116. The standard InChI is InChI=1S/C18H24N4O/c1-3-4-5-18(23)21-17-7-6-16(14-20-17)22(2)13-10-15-8-11-19-12-9-15/h6-9,11-12,14H,3-5,10,13H2,1-2H3,(H,20,21,23). The monoisotopic (exact) mass is 312 g/mol. The molecule has 0 aliphatic heterocycles. The third kappa shape index (κ3) is 5.70. The summed E-state index contributed by atoms with van der Waals surface area (Å²) in [4.78, 5) is 22.2. The van der Waals surface area contributed by atoms with Crippen molar-refractivity contribution in [3.05, 3.63) is 48.4 Å². The minimum Gasteiger partial charge on any atom is -0.373 e. The number of anilines is 2. The van der Waals surface area contributed by atoms with Crippen LogP contribution in [0.3, 0.4) is 0 Å². The summed E-state index contributed by atoms with van der Waals surface area (Å²) in [6.07, 6.45) is 8.84. The van der Waals surface area contributed by atoms with Crippen LogP contribution in [0.25, 0.3) is 0 Å². The summed E-state index contributed by atoms with van der Waals surface area (Å²) in [6.45, 7) is 2.97. The smallest absolute Gasteiger partial charge is 0.225 e. The predicted molar refractivity (Wildman–Crippen MR) is 93.6 cm³/mol. The molecule has 0 saturated heterocycles. The SMILES string of the molecule is CCCCC(=O)Nc1ccc(N(C)CCc2ccncc2)cn1. The van der Waals surface area contributed by atoms with Crippen molar-refractivity contribution in [1.29, 1.82) is 0 Å². The summed E-state index contributed by atoms with van der Waals surface area (Å²) in [5.41, 5.74) is 2.30. The first-order valence-corrected chi connectivity index (χ1v) is 8.05. The Labute approximate surface area is 137 Å². The molecule has 2 rings (SSSR count). The molecule has 0 bridgehead atoms. The molecule has 0 spiro atoms. The molecule has 0 saturated carbocycles. The fourth-order valence-corrected chi connectivity index (χ4v) is 2.20. The molecule has 1 N–H and O–H groups in total. The maximum atomic E-state index is 11.7. The molecule has 0 radical (unpaired) electrons. The second-order valence-electron chi connectivity index (χ2n) is 5.58. The van der Waals surface area contributed by atoms with E-state index in [1.807, 2.05) is 43.7 Å². The van der Waals surface area contributed by atoms with Crippen LogP contribution in [-0.4, -0.2) is 29.5 Å². The van der Waals surface area contributed by atoms with E-state index in [4.69, 9.17) is 0 Å². The van der Waals surface area contributed by atoms with Crippen molar-refractivity contribution in [2.75, 3.05) is 23.8 Å². The van der Waals surface area contributed by atoms with Crippen molar-refractivity contribution < 1.29 is 4.79 Å². The number of hydrogen-bond donors (Lipinski definition) is 1. The van der Waals surface area contributed by atoms with E-state index in [-0.39, 0.29) is 5.91 Å². The third-order valence-corrected chi connectivity index (χ3v) is 3.70. The Morgan fingerprint density at radius 1 is 1.22 bits per heavy atom. The minimum atomic E-state index is 0.0261. The number of amides is 1. The molecule has 2 aromatic rings. The molecular formula is C18H24N4O. The zero-order chi connectivity index (χ0) is 16.5. The second-order valence-corrected chi connectivity index (χ2v) is 5.58. The molecule has 1 amide bonds. The lowest BCUT2D eigenvalue weighted by atomic mass is 10.2. The highest BCUT2D eigenvalue weighted by Crippen LogP contribution is 2.14. The maximum Gasteiger partial charge on any atom is 0.225 e. The average molecular weight is 312 g/mol. The number of hydrogen-bond acceptors (Lipinski definition) is 4. The van der Waals surface area contributed by atoms with Gasteiger partial charge in [0.1, 0.15) is 5.82 Å². The van der Waals surface area contributed by atoms with Gasteiger partial charge in [-0.3, -0.25) is 9.78 Å². The number of carbonyl (C=O) groups is 1. The maximum absolute atomic E-state index is 11.7. The number of pyridine rings is 2. The molecule has 0 unspecified atom stereocenters. The summed E-state index contributed by atoms with van der Waals surface area (Å²) >= 11 is 0. The van der Waals surface area contributed by atoms with E-state index >= 15 is 0 Å². The van der Waals surface area contributed by atoms with Crippen LogP contribution < -0.4 is 10.2 Å².